The summed E-state index contributed by atoms with van der Waals surface area (Å²) in [6.07, 6.45) is 0.789. The zero-order chi connectivity index (χ0) is 19.8. The molecule has 1 heterocycles. The summed E-state index contributed by atoms with van der Waals surface area (Å²) in [5, 5.41) is 2.68. The monoisotopic (exact) mass is 375 g/mol. The smallest absolute Gasteiger partial charge is 0.328 e. The normalized spacial score (nSPS) is 11.5. The van der Waals surface area contributed by atoms with Crippen molar-refractivity contribution in [1.82, 2.24) is 14.9 Å². The lowest BCUT2D eigenvalue weighted by molar-refractivity contribution is -0.155. The van der Waals surface area contributed by atoms with Crippen LogP contribution in [0.15, 0.2) is 46.1 Å². The average molecular weight is 375 g/mol. The fourth-order valence-electron chi connectivity index (χ4n) is 2.26. The van der Waals surface area contributed by atoms with E-state index in [4.69, 9.17) is 9.47 Å². The quantitative estimate of drug-likeness (QED) is 0.619. The fraction of sp³-hybridized carbons (Fsp3) is 0.333. The molecule has 0 unspecified atom stereocenters. The van der Waals surface area contributed by atoms with Gasteiger partial charge in [0.15, 0.2) is 6.10 Å². The van der Waals surface area contributed by atoms with Gasteiger partial charge in [-0.05, 0) is 31.0 Å². The second-order valence-corrected chi connectivity index (χ2v) is 5.76. The first kappa shape index (κ1) is 20.0. The molecule has 9 nitrogen and oxygen atoms in total. The molecule has 0 aliphatic rings. The van der Waals surface area contributed by atoms with Crippen LogP contribution in [0.2, 0.25) is 0 Å². The molecule has 0 spiro atoms. The van der Waals surface area contributed by atoms with Crippen LogP contribution in [0.3, 0.4) is 0 Å². The van der Waals surface area contributed by atoms with Crippen LogP contribution in [0, 0.1) is 0 Å². The number of carbonyl (C=O) groups excluding carboxylic acids is 2. The molecule has 0 saturated heterocycles. The molecule has 27 heavy (non-hydrogen) atoms. The van der Waals surface area contributed by atoms with E-state index in [0.29, 0.717) is 13.0 Å². The van der Waals surface area contributed by atoms with Gasteiger partial charge in [-0.25, -0.2) is 4.79 Å². The Morgan fingerprint density at radius 3 is 2.52 bits per heavy atom. The second kappa shape index (κ2) is 9.37. The van der Waals surface area contributed by atoms with Gasteiger partial charge in [-0.2, -0.15) is 0 Å². The molecule has 0 saturated carbocycles. The van der Waals surface area contributed by atoms with Gasteiger partial charge in [-0.1, -0.05) is 12.1 Å². The van der Waals surface area contributed by atoms with E-state index >= 15 is 0 Å². The molecule has 0 radical (unpaired) electrons. The van der Waals surface area contributed by atoms with Crippen LogP contribution < -0.4 is 21.3 Å². The Labute approximate surface area is 154 Å². The predicted octanol–water partition coefficient (Wildman–Crippen LogP) is -0.164. The van der Waals surface area contributed by atoms with Crippen LogP contribution in [-0.4, -0.2) is 41.2 Å². The van der Waals surface area contributed by atoms with Crippen LogP contribution in [0.25, 0.3) is 0 Å². The lowest BCUT2D eigenvalue weighted by Gasteiger charge is -2.14. The minimum Gasteiger partial charge on any atom is -0.497 e. The van der Waals surface area contributed by atoms with Gasteiger partial charge in [0, 0.05) is 18.8 Å². The summed E-state index contributed by atoms with van der Waals surface area (Å²) in [5.74, 6) is -0.447. The van der Waals surface area contributed by atoms with Gasteiger partial charge in [0.2, 0.25) is 0 Å². The van der Waals surface area contributed by atoms with E-state index in [2.05, 4.69) is 5.32 Å². The number of nitrogens with one attached hydrogen (secondary N) is 2. The average Bonchev–Trinajstić information content (AvgIpc) is 2.64. The Morgan fingerprint density at radius 1 is 1.19 bits per heavy atom. The second-order valence-electron chi connectivity index (χ2n) is 5.76. The number of esters is 1. The molecule has 1 atom stereocenters. The van der Waals surface area contributed by atoms with Crippen LogP contribution in [0.5, 0.6) is 5.75 Å². The molecule has 1 amide bonds. The molecular weight excluding hydrogens is 354 g/mol. The standard InChI is InChI=1S/C18H21N3O6/c1-12(27-16(23)11-21-10-8-15(22)20-18(21)25)17(24)19-9-7-13-3-5-14(26-2)6-4-13/h3-6,8,10,12H,7,9,11H2,1-2H3,(H,19,24)(H,20,22,25)/t12-/m1/s1. The van der Waals surface area contributed by atoms with E-state index in [1.165, 1.54) is 13.1 Å². The minimum atomic E-state index is -1.01. The summed E-state index contributed by atoms with van der Waals surface area (Å²) in [5.41, 5.74) is -0.261. The van der Waals surface area contributed by atoms with E-state index in [9.17, 15) is 19.2 Å². The number of aromatic amines is 1. The van der Waals surface area contributed by atoms with Gasteiger partial charge < -0.3 is 14.8 Å². The van der Waals surface area contributed by atoms with Crippen molar-refractivity contribution in [3.05, 3.63) is 62.9 Å². The Hall–Kier alpha value is -3.36. The molecule has 2 aromatic rings. The van der Waals surface area contributed by atoms with Crippen LogP contribution >= 0.6 is 0 Å². The van der Waals surface area contributed by atoms with Crippen molar-refractivity contribution in [2.45, 2.75) is 26.0 Å². The number of hydrogen-bond acceptors (Lipinski definition) is 6. The van der Waals surface area contributed by atoms with Crippen molar-refractivity contribution < 1.29 is 19.1 Å². The lowest BCUT2D eigenvalue weighted by Crippen LogP contribution is -2.38. The summed E-state index contributed by atoms with van der Waals surface area (Å²) in [6.45, 7) is 1.42. The van der Waals surface area contributed by atoms with E-state index in [0.717, 1.165) is 21.9 Å². The SMILES string of the molecule is COc1ccc(CCNC(=O)[C@@H](C)OC(=O)Cn2ccc(=O)[nH]c2=O)cc1. The van der Waals surface area contributed by atoms with E-state index < -0.39 is 35.8 Å². The van der Waals surface area contributed by atoms with Gasteiger partial charge in [0.1, 0.15) is 12.3 Å². The Morgan fingerprint density at radius 2 is 1.89 bits per heavy atom. The van der Waals surface area contributed by atoms with Gasteiger partial charge >= 0.3 is 11.7 Å². The van der Waals surface area contributed by atoms with Crippen molar-refractivity contribution in [2.24, 2.45) is 0 Å². The maximum atomic E-state index is 12.0. The van der Waals surface area contributed by atoms with Gasteiger partial charge in [0.05, 0.1) is 7.11 Å². The Kier molecular flexibility index (Phi) is 6.93. The highest BCUT2D eigenvalue weighted by Crippen LogP contribution is 2.11. The van der Waals surface area contributed by atoms with E-state index in [1.807, 2.05) is 29.2 Å². The first-order chi connectivity index (χ1) is 12.9. The third kappa shape index (κ3) is 6.14. The largest absolute Gasteiger partial charge is 0.497 e. The fourth-order valence-corrected chi connectivity index (χ4v) is 2.26. The lowest BCUT2D eigenvalue weighted by atomic mass is 10.1. The highest BCUT2D eigenvalue weighted by Gasteiger charge is 2.18. The third-order valence-electron chi connectivity index (χ3n) is 3.75. The summed E-state index contributed by atoms with van der Waals surface area (Å²) < 4.78 is 11.1. The summed E-state index contributed by atoms with van der Waals surface area (Å²) >= 11 is 0. The van der Waals surface area contributed by atoms with Crippen molar-refractivity contribution in [1.29, 1.82) is 0 Å². The molecular formula is C18H21N3O6. The number of benzene rings is 1. The zero-order valence-corrected chi connectivity index (χ0v) is 15.1. The summed E-state index contributed by atoms with van der Waals surface area (Å²) in [7, 11) is 1.59. The van der Waals surface area contributed by atoms with Crippen molar-refractivity contribution >= 4 is 11.9 Å². The molecule has 9 heteroatoms. The number of methoxy groups -OCH3 is 1. The summed E-state index contributed by atoms with van der Waals surface area (Å²) in [4.78, 5) is 48.4. The molecule has 1 aromatic heterocycles. The van der Waals surface area contributed by atoms with E-state index in [1.54, 1.807) is 7.11 Å². The number of hydrogen-bond donors (Lipinski definition) is 2. The van der Waals surface area contributed by atoms with Crippen LogP contribution in [-0.2, 0) is 27.3 Å². The molecule has 0 aliphatic carbocycles. The van der Waals surface area contributed by atoms with Crippen molar-refractivity contribution in [3.8, 4) is 5.75 Å². The number of amides is 1. The maximum absolute atomic E-state index is 12.0. The number of nitrogens with zero attached hydrogens (tertiary/aromatic N) is 1. The highest BCUT2D eigenvalue weighted by atomic mass is 16.5. The number of carbonyl (C=O) groups is 2. The number of H-pyrrole nitrogens is 1. The number of ether oxygens (including phenoxy) is 2. The van der Waals surface area contributed by atoms with E-state index in [-0.39, 0.29) is 0 Å². The number of rotatable bonds is 8. The highest BCUT2D eigenvalue weighted by molar-refractivity contribution is 5.83. The van der Waals surface area contributed by atoms with Gasteiger partial charge in [-0.15, -0.1) is 0 Å². The Balaban J connectivity index is 1.77. The van der Waals surface area contributed by atoms with Gasteiger partial charge in [0.25, 0.3) is 11.5 Å². The maximum Gasteiger partial charge on any atom is 0.328 e. The van der Waals surface area contributed by atoms with Gasteiger partial charge in [-0.3, -0.25) is 23.9 Å². The minimum absolute atomic E-state index is 0.381. The predicted molar refractivity (Wildman–Crippen MR) is 96.6 cm³/mol. The molecule has 1 aromatic carbocycles. The molecule has 0 aliphatic heterocycles. The van der Waals surface area contributed by atoms with Crippen molar-refractivity contribution in [3.63, 3.8) is 0 Å². The first-order valence-corrected chi connectivity index (χ1v) is 8.29. The van der Waals surface area contributed by atoms with Crippen LogP contribution in [0.1, 0.15) is 12.5 Å². The zero-order valence-electron chi connectivity index (χ0n) is 15.1. The first-order valence-electron chi connectivity index (χ1n) is 8.29. The topological polar surface area (TPSA) is 119 Å². The molecule has 0 fully saturated rings. The number of aromatic nitrogens is 2. The third-order valence-corrected chi connectivity index (χ3v) is 3.75. The van der Waals surface area contributed by atoms with Crippen LogP contribution in [0.4, 0.5) is 0 Å². The Bertz CT molecular complexity index is 900. The molecule has 2 N–H and O–H groups in total. The summed E-state index contributed by atoms with van der Waals surface area (Å²) in [6, 6.07) is 8.58. The molecule has 2 rings (SSSR count). The molecule has 0 bridgehead atoms. The molecule has 144 valence electrons. The van der Waals surface area contributed by atoms with Crippen molar-refractivity contribution in [2.75, 3.05) is 13.7 Å².